The Bertz CT molecular complexity index is 474. The number of hydrogen-bond donors (Lipinski definition) is 1. The standard InChI is InChI=1S/C13H15FN2O/c1-16-6-8-5-15-13(17)11-4-9(14)2-3-10(11)12(8)7-16/h2-4,8,12H,5-7H2,1H3,(H,15,17). The second kappa shape index (κ2) is 3.81. The van der Waals surface area contributed by atoms with Gasteiger partial charge in [0.1, 0.15) is 5.82 Å². The van der Waals surface area contributed by atoms with Crippen LogP contribution in [0.2, 0.25) is 0 Å². The molecule has 0 saturated carbocycles. The normalized spacial score (nSPS) is 28.2. The Morgan fingerprint density at radius 1 is 1.41 bits per heavy atom. The number of hydrogen-bond acceptors (Lipinski definition) is 2. The van der Waals surface area contributed by atoms with Gasteiger partial charge in [-0.3, -0.25) is 4.79 Å². The summed E-state index contributed by atoms with van der Waals surface area (Å²) in [6.07, 6.45) is 0. The van der Waals surface area contributed by atoms with Gasteiger partial charge in [-0.2, -0.15) is 0 Å². The Morgan fingerprint density at radius 2 is 2.24 bits per heavy atom. The third kappa shape index (κ3) is 1.72. The van der Waals surface area contributed by atoms with Crippen LogP contribution in [0.3, 0.4) is 0 Å². The van der Waals surface area contributed by atoms with Crippen LogP contribution in [0.1, 0.15) is 21.8 Å². The molecule has 2 aliphatic heterocycles. The van der Waals surface area contributed by atoms with Gasteiger partial charge in [0.05, 0.1) is 0 Å². The van der Waals surface area contributed by atoms with Gasteiger partial charge in [0, 0.05) is 31.1 Å². The van der Waals surface area contributed by atoms with Crippen molar-refractivity contribution in [1.29, 1.82) is 0 Å². The maximum Gasteiger partial charge on any atom is 0.251 e. The van der Waals surface area contributed by atoms with Crippen LogP contribution >= 0.6 is 0 Å². The van der Waals surface area contributed by atoms with E-state index in [-0.39, 0.29) is 11.7 Å². The fourth-order valence-electron chi connectivity index (χ4n) is 3.01. The average Bonchev–Trinajstić information content (AvgIpc) is 2.62. The third-order valence-electron chi connectivity index (χ3n) is 3.81. The highest BCUT2D eigenvalue weighted by atomic mass is 19.1. The summed E-state index contributed by atoms with van der Waals surface area (Å²) in [7, 11) is 2.08. The Kier molecular flexibility index (Phi) is 2.40. The molecular weight excluding hydrogens is 219 g/mol. The first-order chi connectivity index (χ1) is 8.15. The summed E-state index contributed by atoms with van der Waals surface area (Å²) >= 11 is 0. The molecule has 2 aliphatic rings. The zero-order chi connectivity index (χ0) is 12.0. The Hall–Kier alpha value is -1.42. The quantitative estimate of drug-likeness (QED) is 0.732. The van der Waals surface area contributed by atoms with E-state index in [2.05, 4.69) is 17.3 Å². The van der Waals surface area contributed by atoms with Gasteiger partial charge in [0.25, 0.3) is 5.91 Å². The predicted octanol–water partition coefficient (Wildman–Crippen LogP) is 1.21. The minimum atomic E-state index is -0.344. The molecule has 2 unspecified atom stereocenters. The predicted molar refractivity (Wildman–Crippen MR) is 62.5 cm³/mol. The van der Waals surface area contributed by atoms with E-state index in [1.165, 1.54) is 12.1 Å². The number of nitrogens with one attached hydrogen (secondary N) is 1. The molecule has 2 atom stereocenters. The van der Waals surface area contributed by atoms with Gasteiger partial charge in [-0.1, -0.05) is 6.07 Å². The number of carbonyl (C=O) groups is 1. The molecule has 3 rings (SSSR count). The van der Waals surface area contributed by atoms with Crippen LogP contribution in [-0.4, -0.2) is 37.5 Å². The number of likely N-dealkylation sites (tertiary alicyclic amines) is 1. The molecule has 1 saturated heterocycles. The molecule has 1 N–H and O–H groups in total. The molecular formula is C13H15FN2O. The van der Waals surface area contributed by atoms with Crippen LogP contribution in [0.5, 0.6) is 0 Å². The summed E-state index contributed by atoms with van der Waals surface area (Å²) in [6.45, 7) is 2.62. The number of amides is 1. The summed E-state index contributed by atoms with van der Waals surface area (Å²) in [5.41, 5.74) is 1.50. The number of halogens is 1. The van der Waals surface area contributed by atoms with E-state index in [1.54, 1.807) is 6.07 Å². The van der Waals surface area contributed by atoms with Gasteiger partial charge in [-0.25, -0.2) is 4.39 Å². The highest BCUT2D eigenvalue weighted by molar-refractivity contribution is 5.96. The second-order valence-electron chi connectivity index (χ2n) is 5.03. The molecule has 0 aliphatic carbocycles. The van der Waals surface area contributed by atoms with Crippen LogP contribution in [0, 0.1) is 11.7 Å². The maximum absolute atomic E-state index is 13.2. The number of rotatable bonds is 0. The molecule has 1 aromatic rings. The molecule has 1 aromatic carbocycles. The van der Waals surface area contributed by atoms with Crippen LogP contribution in [0.15, 0.2) is 18.2 Å². The van der Waals surface area contributed by atoms with Crippen LogP contribution in [0.4, 0.5) is 4.39 Å². The van der Waals surface area contributed by atoms with E-state index in [0.29, 0.717) is 23.9 Å². The second-order valence-corrected chi connectivity index (χ2v) is 5.03. The molecule has 0 radical (unpaired) electrons. The van der Waals surface area contributed by atoms with Crippen LogP contribution in [-0.2, 0) is 0 Å². The van der Waals surface area contributed by atoms with Gasteiger partial charge in [-0.15, -0.1) is 0 Å². The number of benzene rings is 1. The van der Waals surface area contributed by atoms with Crippen molar-refractivity contribution in [3.8, 4) is 0 Å². The van der Waals surface area contributed by atoms with Gasteiger partial charge in [-0.05, 0) is 30.7 Å². The van der Waals surface area contributed by atoms with Gasteiger partial charge < -0.3 is 10.2 Å². The average molecular weight is 234 g/mol. The molecule has 0 aromatic heterocycles. The fraction of sp³-hybridized carbons (Fsp3) is 0.462. The largest absolute Gasteiger partial charge is 0.352 e. The summed E-state index contributed by atoms with van der Waals surface area (Å²) in [4.78, 5) is 14.1. The molecule has 2 heterocycles. The Morgan fingerprint density at radius 3 is 3.06 bits per heavy atom. The number of fused-ring (bicyclic) bond motifs is 3. The molecule has 17 heavy (non-hydrogen) atoms. The fourth-order valence-corrected chi connectivity index (χ4v) is 3.01. The van der Waals surface area contributed by atoms with Crippen molar-refractivity contribution < 1.29 is 9.18 Å². The monoisotopic (exact) mass is 234 g/mol. The summed E-state index contributed by atoms with van der Waals surface area (Å²) < 4.78 is 13.2. The van der Waals surface area contributed by atoms with Crippen molar-refractivity contribution >= 4 is 5.91 Å². The molecule has 3 nitrogen and oxygen atoms in total. The molecule has 90 valence electrons. The first kappa shape index (κ1) is 10.7. The lowest BCUT2D eigenvalue weighted by molar-refractivity contribution is 0.0951. The Labute approximate surface area is 99.6 Å². The van der Waals surface area contributed by atoms with E-state index in [0.717, 1.165) is 18.7 Å². The Balaban J connectivity index is 2.09. The van der Waals surface area contributed by atoms with Crippen molar-refractivity contribution in [1.82, 2.24) is 10.2 Å². The lowest BCUT2D eigenvalue weighted by atomic mass is 9.87. The smallest absolute Gasteiger partial charge is 0.251 e. The van der Waals surface area contributed by atoms with E-state index in [4.69, 9.17) is 0 Å². The topological polar surface area (TPSA) is 32.3 Å². The summed E-state index contributed by atoms with van der Waals surface area (Å²) in [5.74, 6) is 0.297. The lowest BCUT2D eigenvalue weighted by Crippen LogP contribution is -2.29. The summed E-state index contributed by atoms with van der Waals surface area (Å²) in [5, 5.41) is 2.89. The van der Waals surface area contributed by atoms with Gasteiger partial charge in [0.15, 0.2) is 0 Å². The van der Waals surface area contributed by atoms with Gasteiger partial charge >= 0.3 is 0 Å². The van der Waals surface area contributed by atoms with E-state index >= 15 is 0 Å². The zero-order valence-corrected chi connectivity index (χ0v) is 9.74. The van der Waals surface area contributed by atoms with E-state index in [1.807, 2.05) is 0 Å². The molecule has 0 spiro atoms. The number of carbonyl (C=O) groups excluding carboxylic acids is 1. The highest BCUT2D eigenvalue weighted by Gasteiger charge is 2.36. The highest BCUT2D eigenvalue weighted by Crippen LogP contribution is 2.35. The van der Waals surface area contributed by atoms with Crippen LogP contribution < -0.4 is 5.32 Å². The summed E-state index contributed by atoms with van der Waals surface area (Å²) in [6, 6.07) is 4.57. The van der Waals surface area contributed by atoms with E-state index < -0.39 is 0 Å². The van der Waals surface area contributed by atoms with Crippen LogP contribution in [0.25, 0.3) is 0 Å². The minimum Gasteiger partial charge on any atom is -0.352 e. The third-order valence-corrected chi connectivity index (χ3v) is 3.81. The zero-order valence-electron chi connectivity index (χ0n) is 9.74. The lowest BCUT2D eigenvalue weighted by Gasteiger charge is -2.15. The van der Waals surface area contributed by atoms with Crippen molar-refractivity contribution in [2.24, 2.45) is 5.92 Å². The van der Waals surface area contributed by atoms with E-state index in [9.17, 15) is 9.18 Å². The SMILES string of the molecule is CN1CC2CNC(=O)c3cc(F)ccc3C2C1. The molecule has 1 amide bonds. The first-order valence-corrected chi connectivity index (χ1v) is 5.91. The maximum atomic E-state index is 13.2. The van der Waals surface area contributed by atoms with Crippen molar-refractivity contribution in [2.75, 3.05) is 26.7 Å². The van der Waals surface area contributed by atoms with Crippen molar-refractivity contribution in [3.63, 3.8) is 0 Å². The van der Waals surface area contributed by atoms with Crippen molar-refractivity contribution in [3.05, 3.63) is 35.1 Å². The molecule has 0 bridgehead atoms. The number of likely N-dealkylation sites (N-methyl/N-ethyl adjacent to an activating group) is 1. The minimum absolute atomic E-state index is 0.142. The molecule has 1 fully saturated rings. The van der Waals surface area contributed by atoms with Gasteiger partial charge in [0.2, 0.25) is 0 Å². The first-order valence-electron chi connectivity index (χ1n) is 5.91. The molecule has 4 heteroatoms. The number of nitrogens with zero attached hydrogens (tertiary/aromatic N) is 1. The van der Waals surface area contributed by atoms with Crippen molar-refractivity contribution in [2.45, 2.75) is 5.92 Å².